The fourth-order valence-corrected chi connectivity index (χ4v) is 5.99. The SMILES string of the molecule is C=C(C(=O)c1ccc(C(=O)N[C@H]2C3CC4CC2C[C@](O)(C4)C3)c(C#N)c1)/C(F)=C\C=C/C. The number of allylic oxidation sites excluding steroid dienone is 5. The molecule has 2 unspecified atom stereocenters. The van der Waals surface area contributed by atoms with Gasteiger partial charge in [0.25, 0.3) is 5.91 Å². The van der Waals surface area contributed by atoms with Gasteiger partial charge in [0.2, 0.25) is 0 Å². The van der Waals surface area contributed by atoms with Crippen molar-refractivity contribution >= 4 is 11.7 Å². The van der Waals surface area contributed by atoms with Gasteiger partial charge in [0, 0.05) is 11.6 Å². The Kier molecular flexibility index (Phi) is 5.87. The van der Waals surface area contributed by atoms with E-state index in [1.165, 1.54) is 24.3 Å². The molecule has 0 aromatic heterocycles. The lowest BCUT2D eigenvalue weighted by molar-refractivity contribution is -0.136. The second-order valence-corrected chi connectivity index (χ2v) is 9.41. The van der Waals surface area contributed by atoms with Crippen molar-refractivity contribution in [3.05, 3.63) is 71.1 Å². The van der Waals surface area contributed by atoms with Crippen molar-refractivity contribution in [3.63, 3.8) is 0 Å². The maximum atomic E-state index is 14.1. The average molecular weight is 435 g/mol. The number of carbonyl (C=O) groups is 2. The minimum absolute atomic E-state index is 0.0159. The Hall–Kier alpha value is -3.04. The van der Waals surface area contributed by atoms with Gasteiger partial charge in [0.05, 0.1) is 28.4 Å². The molecule has 0 aliphatic heterocycles. The van der Waals surface area contributed by atoms with Crippen LogP contribution in [0.5, 0.6) is 0 Å². The van der Waals surface area contributed by atoms with E-state index in [1.54, 1.807) is 13.0 Å². The van der Waals surface area contributed by atoms with E-state index >= 15 is 0 Å². The highest BCUT2D eigenvalue weighted by Gasteiger charge is 2.55. The molecule has 4 bridgehead atoms. The predicted molar refractivity (Wildman–Crippen MR) is 118 cm³/mol. The standard InChI is InChI=1S/C26H27FN2O3/c1-3-4-5-22(27)15(2)24(30)17-6-7-21(20(10-17)14-28)25(31)29-23-18-8-16-9-19(23)13-26(32,11-16)12-18/h3-7,10,16,18-19,23,32H,2,8-9,11-13H2,1H3,(H,29,31)/b4-3-,22-5+/t16?,18?,19?,23-,26-. The number of nitrogens with one attached hydrogen (secondary N) is 1. The molecular formula is C26H27FN2O3. The number of Topliss-reactive ketones (excluding diaryl/α,β-unsaturated/α-hetero) is 1. The van der Waals surface area contributed by atoms with E-state index < -0.39 is 17.2 Å². The van der Waals surface area contributed by atoms with E-state index in [9.17, 15) is 24.3 Å². The first-order valence-electron chi connectivity index (χ1n) is 11.0. The van der Waals surface area contributed by atoms with E-state index in [0.29, 0.717) is 18.8 Å². The Morgan fingerprint density at radius 3 is 2.56 bits per heavy atom. The van der Waals surface area contributed by atoms with Crippen LogP contribution < -0.4 is 5.32 Å². The maximum Gasteiger partial charge on any atom is 0.252 e. The van der Waals surface area contributed by atoms with Crippen molar-refractivity contribution in [2.24, 2.45) is 17.8 Å². The van der Waals surface area contributed by atoms with Gasteiger partial charge < -0.3 is 10.4 Å². The minimum Gasteiger partial charge on any atom is -0.390 e. The number of aliphatic hydroxyl groups is 1. The largest absolute Gasteiger partial charge is 0.390 e. The van der Waals surface area contributed by atoms with Gasteiger partial charge in [-0.3, -0.25) is 9.59 Å². The normalized spacial score (nSPS) is 30.9. The predicted octanol–water partition coefficient (Wildman–Crippen LogP) is 4.40. The summed E-state index contributed by atoms with van der Waals surface area (Å²) in [6, 6.07) is 6.13. The number of amides is 1. The van der Waals surface area contributed by atoms with E-state index in [4.69, 9.17) is 0 Å². The second kappa shape index (κ2) is 8.48. The summed E-state index contributed by atoms with van der Waals surface area (Å²) in [4.78, 5) is 25.6. The summed E-state index contributed by atoms with van der Waals surface area (Å²) in [6.07, 6.45) is 8.54. The number of hydrogen-bond donors (Lipinski definition) is 2. The summed E-state index contributed by atoms with van der Waals surface area (Å²) >= 11 is 0. The van der Waals surface area contributed by atoms with Crippen molar-refractivity contribution in [1.29, 1.82) is 5.26 Å². The van der Waals surface area contributed by atoms with E-state index in [1.807, 2.05) is 6.07 Å². The summed E-state index contributed by atoms with van der Waals surface area (Å²) < 4.78 is 14.1. The Balaban J connectivity index is 1.51. The van der Waals surface area contributed by atoms with Crippen LogP contribution in [0.15, 0.2) is 54.4 Å². The number of benzene rings is 1. The lowest BCUT2D eigenvalue weighted by atomic mass is 9.52. The third-order valence-corrected chi connectivity index (χ3v) is 7.18. The molecule has 1 aromatic carbocycles. The van der Waals surface area contributed by atoms with Crippen molar-refractivity contribution in [2.75, 3.05) is 0 Å². The molecule has 6 heteroatoms. The van der Waals surface area contributed by atoms with Crippen LogP contribution in [-0.4, -0.2) is 28.4 Å². The van der Waals surface area contributed by atoms with Crippen LogP contribution in [0.4, 0.5) is 4.39 Å². The number of nitriles is 1. The van der Waals surface area contributed by atoms with Crippen LogP contribution in [0.1, 0.15) is 65.3 Å². The number of halogens is 1. The molecule has 0 saturated heterocycles. The number of carbonyl (C=O) groups excluding carboxylic acids is 2. The topological polar surface area (TPSA) is 90.2 Å². The highest BCUT2D eigenvalue weighted by Crippen LogP contribution is 2.55. The van der Waals surface area contributed by atoms with Crippen LogP contribution in [-0.2, 0) is 0 Å². The van der Waals surface area contributed by atoms with Gasteiger partial charge in [-0.05, 0) is 75.0 Å². The fraction of sp³-hybridized carbons (Fsp3) is 0.423. The molecule has 4 aliphatic rings. The molecule has 32 heavy (non-hydrogen) atoms. The molecule has 4 fully saturated rings. The van der Waals surface area contributed by atoms with E-state index in [2.05, 4.69) is 11.9 Å². The van der Waals surface area contributed by atoms with Gasteiger partial charge in [-0.1, -0.05) is 24.8 Å². The smallest absolute Gasteiger partial charge is 0.252 e. The molecular weight excluding hydrogens is 407 g/mol. The Morgan fingerprint density at radius 1 is 1.28 bits per heavy atom. The number of nitrogens with zero attached hydrogens (tertiary/aromatic N) is 1. The molecule has 0 spiro atoms. The molecule has 5 nitrogen and oxygen atoms in total. The van der Waals surface area contributed by atoms with E-state index in [0.717, 1.165) is 25.3 Å². The fourth-order valence-electron chi connectivity index (χ4n) is 5.99. The van der Waals surface area contributed by atoms with E-state index in [-0.39, 0.29) is 46.0 Å². The minimum atomic E-state index is -0.753. The number of hydrogen-bond acceptors (Lipinski definition) is 4. The molecule has 4 saturated carbocycles. The van der Waals surface area contributed by atoms with Gasteiger partial charge in [-0.25, -0.2) is 4.39 Å². The Morgan fingerprint density at radius 2 is 1.97 bits per heavy atom. The van der Waals surface area contributed by atoms with Crippen molar-refractivity contribution in [2.45, 2.75) is 50.7 Å². The van der Waals surface area contributed by atoms with Gasteiger partial charge in [-0.15, -0.1) is 0 Å². The summed E-state index contributed by atoms with van der Waals surface area (Å²) in [6.45, 7) is 5.24. The summed E-state index contributed by atoms with van der Waals surface area (Å²) in [7, 11) is 0. The van der Waals surface area contributed by atoms with Gasteiger partial charge >= 0.3 is 0 Å². The first-order chi connectivity index (χ1) is 15.2. The van der Waals surface area contributed by atoms with Crippen molar-refractivity contribution in [3.8, 4) is 6.07 Å². The van der Waals surface area contributed by atoms with Crippen LogP contribution in [0.25, 0.3) is 0 Å². The summed E-state index contributed by atoms with van der Waals surface area (Å²) in [5, 5.41) is 23.4. The molecule has 0 heterocycles. The summed E-state index contributed by atoms with van der Waals surface area (Å²) in [5.41, 5.74) is -0.551. The molecule has 2 N–H and O–H groups in total. The van der Waals surface area contributed by atoms with Crippen molar-refractivity contribution < 1.29 is 19.1 Å². The third kappa shape index (κ3) is 4.05. The lowest BCUT2D eigenvalue weighted by Gasteiger charge is -2.58. The monoisotopic (exact) mass is 434 g/mol. The number of ketones is 1. The average Bonchev–Trinajstić information content (AvgIpc) is 2.77. The Bertz CT molecular complexity index is 1070. The molecule has 0 radical (unpaired) electrons. The maximum absolute atomic E-state index is 14.1. The van der Waals surface area contributed by atoms with Crippen LogP contribution in [0.2, 0.25) is 0 Å². The van der Waals surface area contributed by atoms with Crippen LogP contribution >= 0.6 is 0 Å². The Labute approximate surface area is 187 Å². The molecule has 166 valence electrons. The molecule has 1 amide bonds. The molecule has 5 rings (SSSR count). The molecule has 4 aliphatic carbocycles. The zero-order valence-electron chi connectivity index (χ0n) is 18.1. The third-order valence-electron chi connectivity index (χ3n) is 7.18. The zero-order chi connectivity index (χ0) is 23.0. The van der Waals surface area contributed by atoms with Gasteiger partial charge in [-0.2, -0.15) is 5.26 Å². The molecule has 1 aromatic rings. The second-order valence-electron chi connectivity index (χ2n) is 9.41. The van der Waals surface area contributed by atoms with Gasteiger partial charge in [0.15, 0.2) is 5.78 Å². The first kappa shape index (κ1) is 22.2. The quantitative estimate of drug-likeness (QED) is 0.395. The first-order valence-corrected chi connectivity index (χ1v) is 11.0. The van der Waals surface area contributed by atoms with Crippen LogP contribution in [0, 0.1) is 29.1 Å². The van der Waals surface area contributed by atoms with Crippen LogP contribution in [0.3, 0.4) is 0 Å². The highest BCUT2D eigenvalue weighted by atomic mass is 19.1. The zero-order valence-corrected chi connectivity index (χ0v) is 18.1. The number of rotatable bonds is 6. The van der Waals surface area contributed by atoms with Crippen molar-refractivity contribution in [1.82, 2.24) is 5.32 Å². The lowest BCUT2D eigenvalue weighted by Crippen LogP contribution is -2.61. The summed E-state index contributed by atoms with van der Waals surface area (Å²) in [5.74, 6) is -0.726. The van der Waals surface area contributed by atoms with Gasteiger partial charge in [0.1, 0.15) is 5.83 Å². The molecule has 2 atom stereocenters. The highest BCUT2D eigenvalue weighted by molar-refractivity contribution is 6.11.